The molecule has 2 heterocycles. The zero-order valence-electron chi connectivity index (χ0n) is 15.2. The van der Waals surface area contributed by atoms with Gasteiger partial charge in [0, 0.05) is 36.7 Å². The van der Waals surface area contributed by atoms with E-state index >= 15 is 0 Å². The molecule has 1 saturated carbocycles. The van der Waals surface area contributed by atoms with Gasteiger partial charge in [0.2, 0.25) is 5.88 Å². The van der Waals surface area contributed by atoms with E-state index in [1.165, 1.54) is 11.0 Å². The molecule has 6 nitrogen and oxygen atoms in total. The smallest absolute Gasteiger partial charge is 0.268 e. The van der Waals surface area contributed by atoms with E-state index in [-0.39, 0.29) is 17.8 Å². The molecule has 2 fully saturated rings. The fourth-order valence-electron chi connectivity index (χ4n) is 3.70. The van der Waals surface area contributed by atoms with Crippen molar-refractivity contribution >= 4 is 17.4 Å². The maximum absolute atomic E-state index is 14.3. The van der Waals surface area contributed by atoms with Gasteiger partial charge in [-0.3, -0.25) is 9.59 Å². The number of nitrogens with zero attached hydrogens (tertiary/aromatic N) is 2. The van der Waals surface area contributed by atoms with Gasteiger partial charge >= 0.3 is 0 Å². The zero-order chi connectivity index (χ0) is 19.3. The number of hydrogen-bond acceptors (Lipinski definition) is 5. The highest BCUT2D eigenvalue weighted by Gasteiger charge is 2.36. The van der Waals surface area contributed by atoms with Crippen molar-refractivity contribution in [3.8, 4) is 11.6 Å². The van der Waals surface area contributed by atoms with E-state index in [9.17, 15) is 14.0 Å². The van der Waals surface area contributed by atoms with Crippen molar-refractivity contribution in [1.29, 1.82) is 0 Å². The normalized spacial score (nSPS) is 21.2. The number of amides is 1. The molecule has 1 amide bonds. The number of aromatic nitrogens is 1. The Morgan fingerprint density at radius 3 is 2.68 bits per heavy atom. The number of ether oxygens (including phenoxy) is 2. The number of fused-ring (bicyclic) bond motifs is 1. The SMILES string of the molecule is O=C1CCc2c(F)cc(N3CCC(Oc4ccc(OC5CC5)nc4)C3=O)cc21. The topological polar surface area (TPSA) is 68.7 Å². The summed E-state index contributed by atoms with van der Waals surface area (Å²) in [5.74, 6) is 0.287. The molecule has 1 aromatic heterocycles. The second kappa shape index (κ2) is 6.58. The van der Waals surface area contributed by atoms with Crippen LogP contribution < -0.4 is 14.4 Å². The van der Waals surface area contributed by atoms with Crippen LogP contribution in [0.1, 0.15) is 41.6 Å². The van der Waals surface area contributed by atoms with E-state index in [1.807, 2.05) is 0 Å². The number of benzene rings is 1. The monoisotopic (exact) mass is 382 g/mol. The molecule has 7 heteroatoms. The molecule has 144 valence electrons. The van der Waals surface area contributed by atoms with Crippen LogP contribution in [-0.4, -0.2) is 35.4 Å². The van der Waals surface area contributed by atoms with Crippen LogP contribution in [0.4, 0.5) is 10.1 Å². The second-order valence-electron chi connectivity index (χ2n) is 7.41. The number of rotatable bonds is 5. The van der Waals surface area contributed by atoms with Crippen LogP contribution in [0.5, 0.6) is 11.6 Å². The van der Waals surface area contributed by atoms with Crippen molar-refractivity contribution in [1.82, 2.24) is 4.98 Å². The van der Waals surface area contributed by atoms with Crippen molar-refractivity contribution in [3.05, 3.63) is 47.4 Å². The van der Waals surface area contributed by atoms with Crippen molar-refractivity contribution in [3.63, 3.8) is 0 Å². The highest BCUT2D eigenvalue weighted by Crippen LogP contribution is 2.32. The molecule has 0 bridgehead atoms. The lowest BCUT2D eigenvalue weighted by Gasteiger charge is -2.18. The Hall–Kier alpha value is -2.96. The third-order valence-corrected chi connectivity index (χ3v) is 5.35. The fourth-order valence-corrected chi connectivity index (χ4v) is 3.70. The number of ketones is 1. The summed E-state index contributed by atoms with van der Waals surface area (Å²) in [5.41, 5.74) is 1.25. The summed E-state index contributed by atoms with van der Waals surface area (Å²) < 4.78 is 25.7. The van der Waals surface area contributed by atoms with E-state index < -0.39 is 11.9 Å². The molecule has 2 aliphatic carbocycles. The van der Waals surface area contributed by atoms with Crippen molar-refractivity contribution < 1.29 is 23.5 Å². The maximum Gasteiger partial charge on any atom is 0.268 e. The van der Waals surface area contributed by atoms with Crippen molar-refractivity contribution in [2.24, 2.45) is 0 Å². The molecule has 3 aliphatic rings. The van der Waals surface area contributed by atoms with E-state index in [4.69, 9.17) is 9.47 Å². The van der Waals surface area contributed by atoms with Crippen LogP contribution in [0, 0.1) is 5.82 Å². The van der Waals surface area contributed by atoms with Gasteiger partial charge in [0.15, 0.2) is 11.9 Å². The second-order valence-corrected chi connectivity index (χ2v) is 7.41. The molecule has 1 saturated heterocycles. The minimum Gasteiger partial charge on any atom is -0.479 e. The van der Waals surface area contributed by atoms with Crippen LogP contribution in [0.25, 0.3) is 0 Å². The van der Waals surface area contributed by atoms with Crippen LogP contribution in [0.2, 0.25) is 0 Å². The minimum atomic E-state index is -0.663. The maximum atomic E-state index is 14.3. The third-order valence-electron chi connectivity index (χ3n) is 5.35. The van der Waals surface area contributed by atoms with Crippen molar-refractivity contribution in [2.45, 2.75) is 44.3 Å². The van der Waals surface area contributed by atoms with Gasteiger partial charge in [-0.1, -0.05) is 0 Å². The Morgan fingerprint density at radius 1 is 1.07 bits per heavy atom. The third kappa shape index (κ3) is 3.10. The summed E-state index contributed by atoms with van der Waals surface area (Å²) in [6.45, 7) is 0.409. The highest BCUT2D eigenvalue weighted by atomic mass is 19.1. The average Bonchev–Trinajstić information content (AvgIpc) is 3.32. The summed E-state index contributed by atoms with van der Waals surface area (Å²) >= 11 is 0. The van der Waals surface area contributed by atoms with Gasteiger partial charge in [-0.2, -0.15) is 0 Å². The molecule has 28 heavy (non-hydrogen) atoms. The first-order chi connectivity index (χ1) is 13.6. The summed E-state index contributed by atoms with van der Waals surface area (Å²) in [4.78, 5) is 30.4. The minimum absolute atomic E-state index is 0.0743. The number of hydrogen-bond donors (Lipinski definition) is 0. The van der Waals surface area contributed by atoms with Gasteiger partial charge < -0.3 is 14.4 Å². The highest BCUT2D eigenvalue weighted by molar-refractivity contribution is 6.04. The number of pyridine rings is 1. The first-order valence-corrected chi connectivity index (χ1v) is 9.55. The van der Waals surface area contributed by atoms with E-state index in [0.29, 0.717) is 54.3 Å². The summed E-state index contributed by atoms with van der Waals surface area (Å²) in [6.07, 6.45) is 4.49. The summed E-state index contributed by atoms with van der Waals surface area (Å²) in [5, 5.41) is 0. The molecule has 1 aliphatic heterocycles. The molecule has 2 aromatic rings. The van der Waals surface area contributed by atoms with Gasteiger partial charge in [-0.15, -0.1) is 0 Å². The van der Waals surface area contributed by atoms with Gasteiger partial charge in [0.05, 0.1) is 6.20 Å². The molecule has 0 N–H and O–H groups in total. The number of carbonyl (C=O) groups is 2. The van der Waals surface area contributed by atoms with Crippen LogP contribution in [-0.2, 0) is 11.2 Å². The molecule has 1 unspecified atom stereocenters. The lowest BCUT2D eigenvalue weighted by molar-refractivity contribution is -0.122. The Kier molecular flexibility index (Phi) is 4.03. The van der Waals surface area contributed by atoms with E-state index in [0.717, 1.165) is 12.8 Å². The van der Waals surface area contributed by atoms with Gasteiger partial charge in [-0.05, 0) is 43.0 Å². The first-order valence-electron chi connectivity index (χ1n) is 9.55. The van der Waals surface area contributed by atoms with Gasteiger partial charge in [0.1, 0.15) is 17.7 Å². The predicted octanol–water partition coefficient (Wildman–Crippen LogP) is 3.08. The summed E-state index contributed by atoms with van der Waals surface area (Å²) in [6, 6.07) is 6.42. The Bertz CT molecular complexity index is 956. The van der Waals surface area contributed by atoms with Crippen LogP contribution in [0.15, 0.2) is 30.5 Å². The molecular weight excluding hydrogens is 363 g/mol. The largest absolute Gasteiger partial charge is 0.479 e. The number of Topliss-reactive ketones (excluding diaryl/α,β-unsaturated/α-hetero) is 1. The molecule has 0 spiro atoms. The zero-order valence-corrected chi connectivity index (χ0v) is 15.2. The van der Waals surface area contributed by atoms with Crippen LogP contribution in [0.3, 0.4) is 0 Å². The lowest BCUT2D eigenvalue weighted by Crippen LogP contribution is -2.32. The van der Waals surface area contributed by atoms with Crippen LogP contribution >= 0.6 is 0 Å². The average molecular weight is 382 g/mol. The molecule has 1 atom stereocenters. The molecule has 5 rings (SSSR count). The van der Waals surface area contributed by atoms with Gasteiger partial charge in [-0.25, -0.2) is 9.37 Å². The van der Waals surface area contributed by atoms with Gasteiger partial charge in [0.25, 0.3) is 5.91 Å². The Balaban J connectivity index is 1.29. The van der Waals surface area contributed by atoms with E-state index in [2.05, 4.69) is 4.98 Å². The lowest BCUT2D eigenvalue weighted by atomic mass is 10.1. The Morgan fingerprint density at radius 2 is 1.93 bits per heavy atom. The molecule has 0 radical (unpaired) electrons. The summed E-state index contributed by atoms with van der Waals surface area (Å²) in [7, 11) is 0. The predicted molar refractivity (Wildman–Crippen MR) is 98.3 cm³/mol. The molecular formula is C21H19FN2O4. The fraction of sp³-hybridized carbons (Fsp3) is 0.381. The Labute approximate surface area is 161 Å². The first kappa shape index (κ1) is 17.2. The number of carbonyl (C=O) groups excluding carboxylic acids is 2. The standard InChI is InChI=1S/C21H19FN2O4/c22-17-10-12(9-16-15(17)4-5-18(16)25)24-8-7-19(21(24)26)27-14-3-6-20(23-11-14)28-13-1-2-13/h3,6,9-11,13,19H,1-2,4-5,7-8H2. The number of halogens is 1. The number of anilines is 1. The molecule has 1 aromatic carbocycles. The van der Waals surface area contributed by atoms with E-state index in [1.54, 1.807) is 24.4 Å². The quantitative estimate of drug-likeness (QED) is 0.795. The van der Waals surface area contributed by atoms with Crippen molar-refractivity contribution in [2.75, 3.05) is 11.4 Å².